The summed E-state index contributed by atoms with van der Waals surface area (Å²) in [6.45, 7) is 2.38. The van der Waals surface area contributed by atoms with Crippen molar-refractivity contribution in [1.29, 1.82) is 0 Å². The highest BCUT2D eigenvalue weighted by atomic mass is 15.2. The van der Waals surface area contributed by atoms with Gasteiger partial charge in [-0.05, 0) is 38.6 Å². The third-order valence-corrected chi connectivity index (χ3v) is 4.08. The normalized spacial score (nSPS) is 36.2. The highest BCUT2D eigenvalue weighted by molar-refractivity contribution is 4.87. The van der Waals surface area contributed by atoms with Crippen molar-refractivity contribution in [2.75, 3.05) is 7.05 Å². The van der Waals surface area contributed by atoms with Gasteiger partial charge in [-0.15, -0.1) is 0 Å². The molecule has 0 radical (unpaired) electrons. The van der Waals surface area contributed by atoms with E-state index in [-0.39, 0.29) is 0 Å². The zero-order valence-electron chi connectivity index (χ0n) is 9.13. The molecule has 0 unspecified atom stereocenters. The summed E-state index contributed by atoms with van der Waals surface area (Å²) in [5.41, 5.74) is 0. The van der Waals surface area contributed by atoms with E-state index in [2.05, 4.69) is 18.9 Å². The average Bonchev–Trinajstić information content (AvgIpc) is 2.13. The molecule has 0 heterocycles. The molecule has 0 saturated heterocycles. The van der Waals surface area contributed by atoms with Crippen LogP contribution < -0.4 is 0 Å². The summed E-state index contributed by atoms with van der Waals surface area (Å²) in [5.74, 6) is 0.996. The lowest BCUT2D eigenvalue weighted by molar-refractivity contribution is 0.0568. The lowest BCUT2D eigenvalue weighted by Gasteiger charge is -2.44. The van der Waals surface area contributed by atoms with Crippen LogP contribution in [0.15, 0.2) is 0 Å². The lowest BCUT2D eigenvalue weighted by atomic mass is 9.79. The molecule has 76 valence electrons. The van der Waals surface area contributed by atoms with Crippen LogP contribution in [0.2, 0.25) is 0 Å². The van der Waals surface area contributed by atoms with Crippen LogP contribution >= 0.6 is 0 Å². The molecule has 0 aromatic rings. The predicted molar refractivity (Wildman–Crippen MR) is 56.8 cm³/mol. The molecule has 0 amide bonds. The topological polar surface area (TPSA) is 3.24 Å². The number of hydrogen-bond acceptors (Lipinski definition) is 1. The molecule has 1 nitrogen and oxygen atoms in total. The van der Waals surface area contributed by atoms with Crippen molar-refractivity contribution < 1.29 is 0 Å². The van der Waals surface area contributed by atoms with E-state index in [1.54, 1.807) is 0 Å². The van der Waals surface area contributed by atoms with Gasteiger partial charge in [0, 0.05) is 12.1 Å². The van der Waals surface area contributed by atoms with Crippen LogP contribution in [0.3, 0.4) is 0 Å². The Morgan fingerprint density at radius 2 is 1.54 bits per heavy atom. The van der Waals surface area contributed by atoms with E-state index in [1.165, 1.54) is 44.9 Å². The fraction of sp³-hybridized carbons (Fsp3) is 1.00. The number of rotatable bonds is 2. The first-order valence-corrected chi connectivity index (χ1v) is 5.99. The van der Waals surface area contributed by atoms with Crippen molar-refractivity contribution in [2.45, 2.75) is 64.0 Å². The van der Waals surface area contributed by atoms with Crippen LogP contribution in [0.1, 0.15) is 51.9 Å². The van der Waals surface area contributed by atoms with Gasteiger partial charge in [0.15, 0.2) is 0 Å². The van der Waals surface area contributed by atoms with Gasteiger partial charge in [0.1, 0.15) is 0 Å². The minimum Gasteiger partial charge on any atom is -0.300 e. The van der Waals surface area contributed by atoms with Gasteiger partial charge >= 0.3 is 0 Å². The average molecular weight is 181 g/mol. The van der Waals surface area contributed by atoms with E-state index in [4.69, 9.17) is 0 Å². The zero-order chi connectivity index (χ0) is 9.26. The molecule has 0 aromatic carbocycles. The van der Waals surface area contributed by atoms with Crippen molar-refractivity contribution in [1.82, 2.24) is 4.90 Å². The van der Waals surface area contributed by atoms with Crippen molar-refractivity contribution in [3.63, 3.8) is 0 Å². The van der Waals surface area contributed by atoms with Crippen LogP contribution in [0.25, 0.3) is 0 Å². The zero-order valence-corrected chi connectivity index (χ0v) is 9.13. The smallest absolute Gasteiger partial charge is 0.0100 e. The maximum atomic E-state index is 2.68. The van der Waals surface area contributed by atoms with Gasteiger partial charge in [0.05, 0.1) is 0 Å². The Bertz CT molecular complexity index is 155. The fourth-order valence-electron chi connectivity index (χ4n) is 2.98. The number of hydrogen-bond donors (Lipinski definition) is 0. The quantitative estimate of drug-likeness (QED) is 0.633. The van der Waals surface area contributed by atoms with Crippen LogP contribution in [0.4, 0.5) is 0 Å². The molecule has 13 heavy (non-hydrogen) atoms. The Morgan fingerprint density at radius 3 is 2.08 bits per heavy atom. The van der Waals surface area contributed by atoms with E-state index in [0.29, 0.717) is 0 Å². The third-order valence-electron chi connectivity index (χ3n) is 4.08. The van der Waals surface area contributed by atoms with Crippen LogP contribution in [-0.2, 0) is 0 Å². The fourth-order valence-corrected chi connectivity index (χ4v) is 2.98. The van der Waals surface area contributed by atoms with E-state index in [0.717, 1.165) is 18.0 Å². The molecular weight excluding hydrogens is 158 g/mol. The molecule has 0 aliphatic heterocycles. The first-order valence-electron chi connectivity index (χ1n) is 5.99. The molecular formula is C12H23N. The second-order valence-corrected chi connectivity index (χ2v) is 5.19. The molecule has 2 saturated carbocycles. The minimum atomic E-state index is 0.922. The summed E-state index contributed by atoms with van der Waals surface area (Å²) in [6, 6.07) is 1.85. The molecule has 0 bridgehead atoms. The SMILES string of the molecule is CC1CC(N(C)C2CCCCC2)C1. The molecule has 0 atom stereocenters. The molecule has 2 aliphatic rings. The molecule has 0 aromatic heterocycles. The Morgan fingerprint density at radius 1 is 0.923 bits per heavy atom. The Labute approximate surface area is 82.5 Å². The largest absolute Gasteiger partial charge is 0.300 e. The first kappa shape index (κ1) is 9.51. The Hall–Kier alpha value is -0.0400. The third kappa shape index (κ3) is 2.07. The van der Waals surface area contributed by atoms with Gasteiger partial charge in [0.25, 0.3) is 0 Å². The van der Waals surface area contributed by atoms with Crippen LogP contribution in [0, 0.1) is 5.92 Å². The Kier molecular flexibility index (Phi) is 2.92. The highest BCUT2D eigenvalue weighted by Gasteiger charge is 2.32. The van der Waals surface area contributed by atoms with Crippen molar-refractivity contribution in [2.24, 2.45) is 5.92 Å². The summed E-state index contributed by atoms with van der Waals surface area (Å²) in [5, 5.41) is 0. The standard InChI is InChI=1S/C12H23N/c1-10-8-12(9-10)13(2)11-6-4-3-5-7-11/h10-12H,3-9H2,1-2H3. The summed E-state index contributed by atoms with van der Waals surface area (Å²) < 4.78 is 0. The van der Waals surface area contributed by atoms with Gasteiger partial charge in [-0.3, -0.25) is 0 Å². The van der Waals surface area contributed by atoms with Crippen LogP contribution in [-0.4, -0.2) is 24.0 Å². The highest BCUT2D eigenvalue weighted by Crippen LogP contribution is 2.34. The second-order valence-electron chi connectivity index (χ2n) is 5.19. The maximum Gasteiger partial charge on any atom is 0.0100 e. The maximum absolute atomic E-state index is 2.68. The molecule has 2 aliphatic carbocycles. The van der Waals surface area contributed by atoms with E-state index < -0.39 is 0 Å². The first-order chi connectivity index (χ1) is 6.27. The minimum absolute atomic E-state index is 0.922. The van der Waals surface area contributed by atoms with Crippen molar-refractivity contribution in [3.05, 3.63) is 0 Å². The van der Waals surface area contributed by atoms with Crippen LogP contribution in [0.5, 0.6) is 0 Å². The molecule has 2 rings (SSSR count). The summed E-state index contributed by atoms with van der Waals surface area (Å²) in [4.78, 5) is 2.68. The van der Waals surface area contributed by atoms with Gasteiger partial charge < -0.3 is 4.90 Å². The predicted octanol–water partition coefficient (Wildman–Crippen LogP) is 3.05. The van der Waals surface area contributed by atoms with E-state index >= 15 is 0 Å². The van der Waals surface area contributed by atoms with E-state index in [1.807, 2.05) is 0 Å². The summed E-state index contributed by atoms with van der Waals surface area (Å²) >= 11 is 0. The summed E-state index contributed by atoms with van der Waals surface area (Å²) in [6.07, 6.45) is 10.2. The van der Waals surface area contributed by atoms with Crippen molar-refractivity contribution >= 4 is 0 Å². The number of nitrogens with zero attached hydrogens (tertiary/aromatic N) is 1. The molecule has 0 spiro atoms. The molecule has 1 heteroatoms. The van der Waals surface area contributed by atoms with Gasteiger partial charge in [-0.1, -0.05) is 26.2 Å². The monoisotopic (exact) mass is 181 g/mol. The van der Waals surface area contributed by atoms with Gasteiger partial charge in [-0.2, -0.15) is 0 Å². The van der Waals surface area contributed by atoms with Crippen molar-refractivity contribution in [3.8, 4) is 0 Å². The lowest BCUT2D eigenvalue weighted by Crippen LogP contribution is -2.47. The second kappa shape index (κ2) is 4.00. The van der Waals surface area contributed by atoms with E-state index in [9.17, 15) is 0 Å². The van der Waals surface area contributed by atoms with Gasteiger partial charge in [-0.25, -0.2) is 0 Å². The molecule has 0 N–H and O–H groups in total. The Balaban J connectivity index is 1.78. The summed E-state index contributed by atoms with van der Waals surface area (Å²) in [7, 11) is 2.35. The molecule has 2 fully saturated rings. The van der Waals surface area contributed by atoms with Gasteiger partial charge in [0.2, 0.25) is 0 Å².